The number of piperidine rings is 1. The minimum Gasteiger partial charge on any atom is -0.465 e. The summed E-state index contributed by atoms with van der Waals surface area (Å²) in [7, 11) is 1.30. The van der Waals surface area contributed by atoms with Crippen LogP contribution >= 0.6 is 0 Å². The van der Waals surface area contributed by atoms with Crippen molar-refractivity contribution in [3.8, 4) is 0 Å². The molecule has 7 heteroatoms. The van der Waals surface area contributed by atoms with Crippen LogP contribution in [0.15, 0.2) is 29.3 Å². The molecule has 2 unspecified atom stereocenters. The lowest BCUT2D eigenvalue weighted by atomic mass is 9.92. The second kappa shape index (κ2) is 7.27. The van der Waals surface area contributed by atoms with Crippen LogP contribution in [0.3, 0.4) is 0 Å². The van der Waals surface area contributed by atoms with Crippen molar-refractivity contribution in [1.82, 2.24) is 14.5 Å². The quantitative estimate of drug-likeness (QED) is 0.781. The topological polar surface area (TPSA) is 81.5 Å². The van der Waals surface area contributed by atoms with Crippen molar-refractivity contribution < 1.29 is 14.3 Å². The Morgan fingerprint density at radius 3 is 2.58 bits per heavy atom. The first kappa shape index (κ1) is 18.1. The molecule has 26 heavy (non-hydrogen) atoms. The number of fused-ring (bicyclic) bond motifs is 1. The van der Waals surface area contributed by atoms with Crippen molar-refractivity contribution in [2.24, 2.45) is 11.8 Å². The summed E-state index contributed by atoms with van der Waals surface area (Å²) in [6, 6.07) is 4.59. The van der Waals surface area contributed by atoms with Gasteiger partial charge >= 0.3 is 5.97 Å². The van der Waals surface area contributed by atoms with Gasteiger partial charge in [-0.1, -0.05) is 13.8 Å². The highest BCUT2D eigenvalue weighted by Gasteiger charge is 2.25. The van der Waals surface area contributed by atoms with Gasteiger partial charge in [0.25, 0.3) is 5.56 Å². The minimum absolute atomic E-state index is 0.0278. The van der Waals surface area contributed by atoms with E-state index in [1.807, 2.05) is 4.90 Å². The summed E-state index contributed by atoms with van der Waals surface area (Å²) in [4.78, 5) is 42.9. The average molecular weight is 357 g/mol. The standard InChI is InChI=1S/C19H23N3O4/c1-12-6-13(2)9-21(8-12)17(23)10-22-11-20-16-7-14(19(25)26-3)4-5-15(16)18(22)24/h4-5,7,11-13H,6,8-10H2,1-3H3. The summed E-state index contributed by atoms with van der Waals surface area (Å²) in [5.41, 5.74) is 0.441. The first-order valence-corrected chi connectivity index (χ1v) is 8.74. The van der Waals surface area contributed by atoms with E-state index in [4.69, 9.17) is 0 Å². The molecule has 1 fully saturated rings. The monoisotopic (exact) mass is 357 g/mol. The Hall–Kier alpha value is -2.70. The van der Waals surface area contributed by atoms with E-state index in [-0.39, 0.29) is 18.0 Å². The molecule has 1 aromatic heterocycles. The zero-order valence-electron chi connectivity index (χ0n) is 15.3. The van der Waals surface area contributed by atoms with Gasteiger partial charge in [-0.25, -0.2) is 9.78 Å². The number of esters is 1. The Morgan fingerprint density at radius 1 is 1.23 bits per heavy atom. The van der Waals surface area contributed by atoms with Crippen LogP contribution in [-0.4, -0.2) is 46.5 Å². The lowest BCUT2D eigenvalue weighted by Crippen LogP contribution is -2.44. The zero-order valence-corrected chi connectivity index (χ0v) is 15.3. The second-order valence-corrected chi connectivity index (χ2v) is 7.15. The molecule has 0 bridgehead atoms. The minimum atomic E-state index is -0.485. The van der Waals surface area contributed by atoms with Crippen LogP contribution in [0.5, 0.6) is 0 Å². The normalized spacial score (nSPS) is 20.2. The first-order chi connectivity index (χ1) is 12.4. The number of carbonyl (C=O) groups is 2. The molecular formula is C19H23N3O4. The third-order valence-corrected chi connectivity index (χ3v) is 4.77. The van der Waals surface area contributed by atoms with Gasteiger partial charge in [-0.15, -0.1) is 0 Å². The van der Waals surface area contributed by atoms with Gasteiger partial charge in [0.05, 0.1) is 29.9 Å². The van der Waals surface area contributed by atoms with E-state index < -0.39 is 5.97 Å². The number of aromatic nitrogens is 2. The summed E-state index contributed by atoms with van der Waals surface area (Å²) >= 11 is 0. The summed E-state index contributed by atoms with van der Waals surface area (Å²) in [5.74, 6) is 0.371. The largest absolute Gasteiger partial charge is 0.465 e. The third-order valence-electron chi connectivity index (χ3n) is 4.77. The van der Waals surface area contributed by atoms with Gasteiger partial charge in [-0.3, -0.25) is 14.2 Å². The van der Waals surface area contributed by atoms with E-state index in [9.17, 15) is 14.4 Å². The molecule has 138 valence electrons. The fourth-order valence-corrected chi connectivity index (χ4v) is 3.63. The number of amides is 1. The highest BCUT2D eigenvalue weighted by molar-refractivity contribution is 5.94. The van der Waals surface area contributed by atoms with Gasteiger partial charge in [0.2, 0.25) is 5.91 Å². The predicted octanol–water partition coefficient (Wildman–Crippen LogP) is 1.69. The van der Waals surface area contributed by atoms with Crippen molar-refractivity contribution in [2.75, 3.05) is 20.2 Å². The average Bonchev–Trinajstić information content (AvgIpc) is 2.62. The van der Waals surface area contributed by atoms with Crippen molar-refractivity contribution in [1.29, 1.82) is 0 Å². The van der Waals surface area contributed by atoms with Gasteiger partial charge < -0.3 is 9.64 Å². The maximum absolute atomic E-state index is 12.7. The SMILES string of the molecule is COC(=O)c1ccc2c(=O)n(CC(=O)N3CC(C)CC(C)C3)cnc2c1. The molecule has 1 aromatic carbocycles. The molecule has 1 amide bonds. The summed E-state index contributed by atoms with van der Waals surface area (Å²) < 4.78 is 6.00. The van der Waals surface area contributed by atoms with Crippen molar-refractivity contribution in [3.05, 3.63) is 40.4 Å². The van der Waals surface area contributed by atoms with Gasteiger partial charge in [-0.2, -0.15) is 0 Å². The Kier molecular flexibility index (Phi) is 5.06. The van der Waals surface area contributed by atoms with Crippen LogP contribution in [0, 0.1) is 11.8 Å². The number of ether oxygens (including phenoxy) is 1. The van der Waals surface area contributed by atoms with Gasteiger partial charge in [0, 0.05) is 13.1 Å². The molecule has 2 atom stereocenters. The molecule has 0 spiro atoms. The van der Waals surface area contributed by atoms with Crippen LogP contribution in [-0.2, 0) is 16.1 Å². The Balaban J connectivity index is 1.84. The van der Waals surface area contributed by atoms with Crippen LogP contribution in [0.1, 0.15) is 30.6 Å². The Labute approximate surface area is 151 Å². The van der Waals surface area contributed by atoms with Crippen molar-refractivity contribution >= 4 is 22.8 Å². The number of benzene rings is 1. The molecule has 0 aliphatic carbocycles. The maximum Gasteiger partial charge on any atom is 0.337 e. The van der Waals surface area contributed by atoms with E-state index >= 15 is 0 Å². The number of carbonyl (C=O) groups excluding carboxylic acids is 2. The Bertz CT molecular complexity index is 895. The molecule has 2 heterocycles. The van der Waals surface area contributed by atoms with E-state index in [1.54, 1.807) is 6.07 Å². The van der Waals surface area contributed by atoms with Crippen molar-refractivity contribution in [2.45, 2.75) is 26.8 Å². The molecule has 2 aromatic rings. The number of nitrogens with zero attached hydrogens (tertiary/aromatic N) is 3. The summed E-state index contributed by atoms with van der Waals surface area (Å²) in [5, 5.41) is 0.369. The third kappa shape index (κ3) is 3.61. The molecule has 0 radical (unpaired) electrons. The second-order valence-electron chi connectivity index (χ2n) is 7.15. The number of likely N-dealkylation sites (tertiary alicyclic amines) is 1. The highest BCUT2D eigenvalue weighted by atomic mass is 16.5. The van der Waals surface area contributed by atoms with Crippen molar-refractivity contribution in [3.63, 3.8) is 0 Å². The molecule has 1 aliphatic rings. The fraction of sp³-hybridized carbons (Fsp3) is 0.474. The number of methoxy groups -OCH3 is 1. The zero-order chi connectivity index (χ0) is 18.8. The maximum atomic E-state index is 12.7. The lowest BCUT2D eigenvalue weighted by Gasteiger charge is -2.35. The number of rotatable bonds is 3. The van der Waals surface area contributed by atoms with Crippen LogP contribution in [0.2, 0.25) is 0 Å². The molecular weight excluding hydrogens is 334 g/mol. The van der Waals surface area contributed by atoms with Gasteiger partial charge in [0.1, 0.15) is 6.54 Å². The Morgan fingerprint density at radius 2 is 1.92 bits per heavy atom. The number of hydrogen-bond donors (Lipinski definition) is 0. The lowest BCUT2D eigenvalue weighted by molar-refractivity contribution is -0.134. The molecule has 7 nitrogen and oxygen atoms in total. The number of hydrogen-bond acceptors (Lipinski definition) is 5. The molecule has 3 rings (SSSR count). The fourth-order valence-electron chi connectivity index (χ4n) is 3.63. The van der Waals surface area contributed by atoms with E-state index in [1.165, 1.54) is 30.1 Å². The molecule has 1 saturated heterocycles. The summed E-state index contributed by atoms with van der Waals surface area (Å²) in [6.45, 7) is 5.69. The highest BCUT2D eigenvalue weighted by Crippen LogP contribution is 2.21. The molecule has 1 aliphatic heterocycles. The molecule has 0 N–H and O–H groups in total. The predicted molar refractivity (Wildman–Crippen MR) is 96.9 cm³/mol. The van der Waals surface area contributed by atoms with E-state index in [0.29, 0.717) is 28.3 Å². The first-order valence-electron chi connectivity index (χ1n) is 8.74. The van der Waals surface area contributed by atoms with Crippen LogP contribution < -0.4 is 5.56 Å². The van der Waals surface area contributed by atoms with Gasteiger partial charge in [-0.05, 0) is 36.5 Å². The van der Waals surface area contributed by atoms with Gasteiger partial charge in [0.15, 0.2) is 0 Å². The van der Waals surface area contributed by atoms with Crippen LogP contribution in [0.25, 0.3) is 10.9 Å². The summed E-state index contributed by atoms with van der Waals surface area (Å²) in [6.07, 6.45) is 2.48. The molecule has 0 saturated carbocycles. The van der Waals surface area contributed by atoms with E-state index in [2.05, 4.69) is 23.6 Å². The van der Waals surface area contributed by atoms with E-state index in [0.717, 1.165) is 19.5 Å². The smallest absolute Gasteiger partial charge is 0.337 e. The van der Waals surface area contributed by atoms with Crippen LogP contribution in [0.4, 0.5) is 0 Å².